The zero-order valence-electron chi connectivity index (χ0n) is 12.2. The number of carbonyl (C=O) groups is 1. The van der Waals surface area contributed by atoms with Gasteiger partial charge in [0.2, 0.25) is 0 Å². The van der Waals surface area contributed by atoms with Crippen LogP contribution in [0.3, 0.4) is 0 Å². The molecule has 108 valence electrons. The molecule has 0 aliphatic carbocycles. The summed E-state index contributed by atoms with van der Waals surface area (Å²) in [7, 11) is 1.67. The SMILES string of the molecule is CCOc1ccccc1C=C1CCN(C(=O)NC)CC1. The van der Waals surface area contributed by atoms with Gasteiger partial charge < -0.3 is 15.0 Å². The van der Waals surface area contributed by atoms with Crippen molar-refractivity contribution < 1.29 is 9.53 Å². The van der Waals surface area contributed by atoms with Gasteiger partial charge in [-0.05, 0) is 25.8 Å². The lowest BCUT2D eigenvalue weighted by atomic mass is 10.0. The van der Waals surface area contributed by atoms with Gasteiger partial charge in [-0.25, -0.2) is 4.79 Å². The second-order valence-corrected chi connectivity index (χ2v) is 4.82. The maximum Gasteiger partial charge on any atom is 0.317 e. The number of piperidine rings is 1. The number of rotatable bonds is 3. The van der Waals surface area contributed by atoms with Crippen molar-refractivity contribution in [3.05, 3.63) is 35.4 Å². The minimum absolute atomic E-state index is 0.0127. The number of carbonyl (C=O) groups excluding carboxylic acids is 1. The van der Waals surface area contributed by atoms with Crippen molar-refractivity contribution >= 4 is 12.1 Å². The molecule has 20 heavy (non-hydrogen) atoms. The molecule has 1 N–H and O–H groups in total. The first-order valence-corrected chi connectivity index (χ1v) is 7.12. The number of para-hydroxylation sites is 1. The zero-order chi connectivity index (χ0) is 14.4. The summed E-state index contributed by atoms with van der Waals surface area (Å²) < 4.78 is 5.64. The zero-order valence-corrected chi connectivity index (χ0v) is 12.2. The Morgan fingerprint density at radius 2 is 2.05 bits per heavy atom. The molecular weight excluding hydrogens is 252 g/mol. The van der Waals surface area contributed by atoms with E-state index < -0.39 is 0 Å². The maximum atomic E-state index is 11.5. The lowest BCUT2D eigenvalue weighted by Crippen LogP contribution is -2.41. The molecule has 2 amide bonds. The largest absolute Gasteiger partial charge is 0.493 e. The molecule has 1 aromatic rings. The molecule has 0 atom stereocenters. The van der Waals surface area contributed by atoms with Crippen LogP contribution in [0.15, 0.2) is 29.8 Å². The van der Waals surface area contributed by atoms with Crippen molar-refractivity contribution in [1.29, 1.82) is 0 Å². The molecule has 0 bridgehead atoms. The summed E-state index contributed by atoms with van der Waals surface area (Å²) >= 11 is 0. The fourth-order valence-electron chi connectivity index (χ4n) is 2.41. The first-order chi connectivity index (χ1) is 9.74. The molecule has 0 aromatic heterocycles. The van der Waals surface area contributed by atoms with Gasteiger partial charge >= 0.3 is 6.03 Å². The highest BCUT2D eigenvalue weighted by molar-refractivity contribution is 5.74. The molecule has 1 aliphatic rings. The van der Waals surface area contributed by atoms with Crippen LogP contribution >= 0.6 is 0 Å². The Kier molecular flexibility index (Phi) is 5.04. The van der Waals surface area contributed by atoms with Gasteiger partial charge in [-0.1, -0.05) is 29.8 Å². The molecule has 1 heterocycles. The number of nitrogens with zero attached hydrogens (tertiary/aromatic N) is 1. The number of benzene rings is 1. The van der Waals surface area contributed by atoms with E-state index in [9.17, 15) is 4.79 Å². The van der Waals surface area contributed by atoms with Gasteiger partial charge in [0, 0.05) is 25.7 Å². The van der Waals surface area contributed by atoms with Crippen molar-refractivity contribution in [2.45, 2.75) is 19.8 Å². The Morgan fingerprint density at radius 3 is 2.70 bits per heavy atom. The summed E-state index contributed by atoms with van der Waals surface area (Å²) in [6, 6.07) is 8.09. The van der Waals surface area contributed by atoms with Gasteiger partial charge in [-0.3, -0.25) is 0 Å². The van der Waals surface area contributed by atoms with Crippen molar-refractivity contribution in [2.24, 2.45) is 0 Å². The number of nitrogens with one attached hydrogen (secondary N) is 1. The molecule has 1 fully saturated rings. The quantitative estimate of drug-likeness (QED) is 0.920. The normalized spacial score (nSPS) is 14.9. The van der Waals surface area contributed by atoms with Crippen LogP contribution in [0.2, 0.25) is 0 Å². The van der Waals surface area contributed by atoms with Crippen LogP contribution in [0, 0.1) is 0 Å². The fourth-order valence-corrected chi connectivity index (χ4v) is 2.41. The summed E-state index contributed by atoms with van der Waals surface area (Å²) in [5, 5.41) is 2.67. The standard InChI is InChI=1S/C16H22N2O2/c1-3-20-15-7-5-4-6-14(15)12-13-8-10-18(11-9-13)16(19)17-2/h4-7,12H,3,8-11H2,1-2H3,(H,17,19). The van der Waals surface area contributed by atoms with Crippen molar-refractivity contribution in [2.75, 3.05) is 26.7 Å². The van der Waals surface area contributed by atoms with E-state index in [0.717, 1.165) is 37.2 Å². The summed E-state index contributed by atoms with van der Waals surface area (Å²) in [4.78, 5) is 13.4. The number of hydrogen-bond acceptors (Lipinski definition) is 2. The first-order valence-electron chi connectivity index (χ1n) is 7.12. The summed E-state index contributed by atoms with van der Waals surface area (Å²) in [6.45, 7) is 4.22. The number of ether oxygens (including phenoxy) is 1. The molecule has 0 saturated carbocycles. The Bertz CT molecular complexity index is 487. The minimum Gasteiger partial charge on any atom is -0.493 e. The fraction of sp³-hybridized carbons (Fsp3) is 0.438. The highest BCUT2D eigenvalue weighted by Crippen LogP contribution is 2.25. The Hall–Kier alpha value is -1.97. The van der Waals surface area contributed by atoms with E-state index in [2.05, 4.69) is 17.5 Å². The lowest BCUT2D eigenvalue weighted by molar-refractivity contribution is 0.196. The predicted molar refractivity (Wildman–Crippen MR) is 80.9 cm³/mol. The molecule has 0 unspecified atom stereocenters. The van der Waals surface area contributed by atoms with E-state index in [0.29, 0.717) is 6.61 Å². The van der Waals surface area contributed by atoms with Crippen LogP contribution in [-0.4, -0.2) is 37.7 Å². The monoisotopic (exact) mass is 274 g/mol. The van der Waals surface area contributed by atoms with Gasteiger partial charge in [0.25, 0.3) is 0 Å². The van der Waals surface area contributed by atoms with Crippen LogP contribution in [0.5, 0.6) is 5.75 Å². The van der Waals surface area contributed by atoms with E-state index in [-0.39, 0.29) is 6.03 Å². The predicted octanol–water partition coefficient (Wildman–Crippen LogP) is 2.90. The van der Waals surface area contributed by atoms with Gasteiger partial charge in [0.15, 0.2) is 0 Å². The molecule has 4 heteroatoms. The van der Waals surface area contributed by atoms with Crippen LogP contribution in [0.25, 0.3) is 6.08 Å². The third-order valence-electron chi connectivity index (χ3n) is 3.49. The van der Waals surface area contributed by atoms with E-state index in [1.165, 1.54) is 5.57 Å². The third-order valence-corrected chi connectivity index (χ3v) is 3.49. The van der Waals surface area contributed by atoms with Crippen molar-refractivity contribution in [1.82, 2.24) is 10.2 Å². The minimum atomic E-state index is 0.0127. The van der Waals surface area contributed by atoms with Crippen molar-refractivity contribution in [3.63, 3.8) is 0 Å². The maximum absolute atomic E-state index is 11.5. The van der Waals surface area contributed by atoms with Crippen LogP contribution < -0.4 is 10.1 Å². The average Bonchev–Trinajstić information content (AvgIpc) is 2.49. The molecule has 1 aromatic carbocycles. The topological polar surface area (TPSA) is 41.6 Å². The second-order valence-electron chi connectivity index (χ2n) is 4.82. The number of likely N-dealkylation sites (tertiary alicyclic amines) is 1. The van der Waals surface area contributed by atoms with E-state index in [1.807, 2.05) is 30.0 Å². The molecule has 1 saturated heterocycles. The number of amides is 2. The van der Waals surface area contributed by atoms with E-state index in [4.69, 9.17) is 4.74 Å². The Labute approximate surface area is 120 Å². The summed E-state index contributed by atoms with van der Waals surface area (Å²) in [6.07, 6.45) is 4.05. The van der Waals surface area contributed by atoms with E-state index >= 15 is 0 Å². The van der Waals surface area contributed by atoms with Gasteiger partial charge in [0.05, 0.1) is 6.61 Å². The highest BCUT2D eigenvalue weighted by atomic mass is 16.5. The van der Waals surface area contributed by atoms with Gasteiger partial charge in [0.1, 0.15) is 5.75 Å². The molecule has 1 aliphatic heterocycles. The van der Waals surface area contributed by atoms with Gasteiger partial charge in [-0.2, -0.15) is 0 Å². The molecule has 4 nitrogen and oxygen atoms in total. The smallest absolute Gasteiger partial charge is 0.317 e. The van der Waals surface area contributed by atoms with Crippen LogP contribution in [-0.2, 0) is 0 Å². The second kappa shape index (κ2) is 6.98. The molecule has 2 rings (SSSR count). The van der Waals surface area contributed by atoms with Crippen LogP contribution in [0.1, 0.15) is 25.3 Å². The lowest BCUT2D eigenvalue weighted by Gasteiger charge is -2.28. The summed E-state index contributed by atoms with van der Waals surface area (Å²) in [5.74, 6) is 0.927. The Balaban J connectivity index is 2.04. The van der Waals surface area contributed by atoms with Crippen molar-refractivity contribution in [3.8, 4) is 5.75 Å². The molecule has 0 radical (unpaired) electrons. The third kappa shape index (κ3) is 3.53. The van der Waals surface area contributed by atoms with E-state index in [1.54, 1.807) is 7.05 Å². The van der Waals surface area contributed by atoms with Gasteiger partial charge in [-0.15, -0.1) is 0 Å². The number of urea groups is 1. The molecule has 0 spiro atoms. The molecular formula is C16H22N2O2. The van der Waals surface area contributed by atoms with Crippen LogP contribution in [0.4, 0.5) is 4.79 Å². The summed E-state index contributed by atoms with van der Waals surface area (Å²) in [5.41, 5.74) is 2.50. The first kappa shape index (κ1) is 14.4. The highest BCUT2D eigenvalue weighted by Gasteiger charge is 2.17. The Morgan fingerprint density at radius 1 is 1.35 bits per heavy atom. The number of hydrogen-bond donors (Lipinski definition) is 1. The average molecular weight is 274 g/mol.